The van der Waals surface area contributed by atoms with Gasteiger partial charge in [0.2, 0.25) is 0 Å². The van der Waals surface area contributed by atoms with Gasteiger partial charge in [0.25, 0.3) is 0 Å². The second-order valence-corrected chi connectivity index (χ2v) is 5.78. The fourth-order valence-electron chi connectivity index (χ4n) is 1.93. The number of ether oxygens (including phenoxy) is 4. The molecule has 6 nitrogen and oxygen atoms in total. The van der Waals surface area contributed by atoms with Gasteiger partial charge in [0.15, 0.2) is 12.4 Å². The van der Waals surface area contributed by atoms with Crippen molar-refractivity contribution in [1.82, 2.24) is 0 Å². The Hall–Kier alpha value is -1.14. The minimum absolute atomic E-state index is 0.515. The summed E-state index contributed by atoms with van der Waals surface area (Å²) < 4.78 is 29.8. The van der Waals surface area contributed by atoms with Crippen molar-refractivity contribution in [3.8, 4) is 0 Å². The maximum absolute atomic E-state index is 11.3. The summed E-state index contributed by atoms with van der Waals surface area (Å²) in [5.41, 5.74) is -0.515. The second-order valence-electron chi connectivity index (χ2n) is 5.78. The minimum atomic E-state index is -1.01. The molecule has 0 aromatic heterocycles. The van der Waals surface area contributed by atoms with Crippen LogP contribution in [0.4, 0.5) is 0 Å². The number of carbonyl (C=O) groups is 2. The van der Waals surface area contributed by atoms with E-state index in [0.717, 1.165) is 0 Å². The highest BCUT2D eigenvalue weighted by molar-refractivity contribution is 5.67. The molecule has 1 aliphatic rings. The molecule has 6 heteroatoms. The summed E-state index contributed by atoms with van der Waals surface area (Å²) >= 11 is 0. The molecule has 0 bridgehead atoms. The lowest BCUT2D eigenvalue weighted by Gasteiger charge is -2.40. The zero-order valence-corrected chi connectivity index (χ0v) is 12.8. The second kappa shape index (κ2) is 6.54. The highest BCUT2D eigenvalue weighted by atomic mass is 16.7. The van der Waals surface area contributed by atoms with Crippen LogP contribution >= 0.6 is 0 Å². The van der Waals surface area contributed by atoms with E-state index in [1.165, 1.54) is 13.8 Å². The van der Waals surface area contributed by atoms with E-state index in [9.17, 15) is 9.59 Å². The number of hydrogen-bond acceptors (Lipinski definition) is 6. The molecule has 0 radical (unpaired) electrons. The summed E-state index contributed by atoms with van der Waals surface area (Å²) in [5.74, 6) is -1.06. The van der Waals surface area contributed by atoms with E-state index in [0.29, 0.717) is 0 Å². The van der Waals surface area contributed by atoms with Crippen molar-refractivity contribution in [3.63, 3.8) is 0 Å². The molecule has 116 valence electrons. The van der Waals surface area contributed by atoms with Crippen molar-refractivity contribution in [1.29, 1.82) is 0 Å². The maximum atomic E-state index is 11.3. The Labute approximate surface area is 121 Å². The van der Waals surface area contributed by atoms with Crippen LogP contribution in [0.25, 0.3) is 0 Å². The van der Waals surface area contributed by atoms with E-state index in [2.05, 4.69) is 0 Å². The van der Waals surface area contributed by atoms with E-state index in [1.54, 1.807) is 6.92 Å². The number of carbonyl (C=O) groups excluding carboxylic acids is 2. The zero-order valence-electron chi connectivity index (χ0n) is 13.8. The molecular weight excluding hydrogens is 264 g/mol. The standard InChI is InChI=1S/C14H24O6/c1-8-13(19-10(3)16)11(18-9(2)15)7-12(17-8)20-14(4,5)6/h8,11-13H,7H2,1-6H3/t8-,11-,12+,13-/m0/s1/i7D/t7-,8+,11+,12-,13+/m1. The molecule has 0 aromatic rings. The largest absolute Gasteiger partial charge is 0.458 e. The fourth-order valence-corrected chi connectivity index (χ4v) is 1.93. The summed E-state index contributed by atoms with van der Waals surface area (Å²) in [6.07, 6.45) is -4.17. The summed E-state index contributed by atoms with van der Waals surface area (Å²) in [7, 11) is 0. The van der Waals surface area contributed by atoms with E-state index >= 15 is 0 Å². The average Bonchev–Trinajstić information content (AvgIpc) is 2.27. The third kappa shape index (κ3) is 5.46. The SMILES string of the molecule is [2H][C@H]1[C@@H](OC(C)(C)C)O[C@@H](C)[C@H](OC(C)=O)[C@H]1OC(C)=O. The first-order valence-electron chi connectivity index (χ1n) is 7.19. The van der Waals surface area contributed by atoms with Crippen molar-refractivity contribution in [3.05, 3.63) is 0 Å². The Bertz CT molecular complexity index is 391. The Kier molecular flexibility index (Phi) is 4.99. The van der Waals surface area contributed by atoms with Crippen LogP contribution < -0.4 is 0 Å². The van der Waals surface area contributed by atoms with Crippen LogP contribution in [0, 0.1) is 0 Å². The number of rotatable bonds is 3. The zero-order chi connectivity index (χ0) is 16.4. The molecule has 0 aromatic carbocycles. The Balaban J connectivity index is 2.95. The third-order valence-electron chi connectivity index (χ3n) is 2.56. The van der Waals surface area contributed by atoms with Crippen molar-refractivity contribution < 1.29 is 29.9 Å². The highest BCUT2D eigenvalue weighted by Gasteiger charge is 2.42. The summed E-state index contributed by atoms with van der Waals surface area (Å²) in [4.78, 5) is 22.5. The average molecular weight is 289 g/mol. The van der Waals surface area contributed by atoms with Gasteiger partial charge in [-0.25, -0.2) is 0 Å². The van der Waals surface area contributed by atoms with E-state index in [1.807, 2.05) is 20.8 Å². The number of hydrogen-bond donors (Lipinski definition) is 0. The lowest BCUT2D eigenvalue weighted by Crippen LogP contribution is -2.52. The molecule has 5 atom stereocenters. The van der Waals surface area contributed by atoms with Crippen molar-refractivity contribution in [2.45, 2.75) is 78.1 Å². The highest BCUT2D eigenvalue weighted by Crippen LogP contribution is 2.28. The summed E-state index contributed by atoms with van der Waals surface area (Å²) in [5, 5.41) is 0. The van der Waals surface area contributed by atoms with Crippen LogP contribution in [0.15, 0.2) is 0 Å². The molecule has 0 aliphatic carbocycles. The quantitative estimate of drug-likeness (QED) is 0.738. The van der Waals surface area contributed by atoms with Gasteiger partial charge in [-0.3, -0.25) is 9.59 Å². The van der Waals surface area contributed by atoms with Gasteiger partial charge in [-0.15, -0.1) is 0 Å². The molecule has 1 saturated heterocycles. The van der Waals surface area contributed by atoms with Crippen molar-refractivity contribution >= 4 is 11.9 Å². The monoisotopic (exact) mass is 289 g/mol. The van der Waals surface area contributed by atoms with Gasteiger partial charge in [0.1, 0.15) is 6.10 Å². The molecule has 0 saturated carbocycles. The lowest BCUT2D eigenvalue weighted by molar-refractivity contribution is -0.277. The lowest BCUT2D eigenvalue weighted by atomic mass is 10.0. The first-order valence-corrected chi connectivity index (χ1v) is 6.61. The minimum Gasteiger partial charge on any atom is -0.458 e. The molecule has 1 rings (SSSR count). The predicted octanol–water partition coefficient (Wildman–Crippen LogP) is 1.80. The van der Waals surface area contributed by atoms with Gasteiger partial charge in [-0.1, -0.05) is 0 Å². The van der Waals surface area contributed by atoms with Gasteiger partial charge >= 0.3 is 11.9 Å². The Morgan fingerprint density at radius 3 is 2.20 bits per heavy atom. The van der Waals surface area contributed by atoms with Crippen LogP contribution in [-0.2, 0) is 28.5 Å². The predicted molar refractivity (Wildman–Crippen MR) is 70.9 cm³/mol. The molecule has 1 aliphatic heterocycles. The van der Waals surface area contributed by atoms with E-state index in [4.69, 9.17) is 20.3 Å². The van der Waals surface area contributed by atoms with Gasteiger partial charge < -0.3 is 18.9 Å². The fraction of sp³-hybridized carbons (Fsp3) is 0.857. The van der Waals surface area contributed by atoms with Gasteiger partial charge in [-0.05, 0) is 27.7 Å². The molecule has 0 amide bonds. The van der Waals surface area contributed by atoms with Gasteiger partial charge in [0, 0.05) is 21.6 Å². The maximum Gasteiger partial charge on any atom is 0.303 e. The van der Waals surface area contributed by atoms with Crippen molar-refractivity contribution in [2.75, 3.05) is 0 Å². The van der Waals surface area contributed by atoms with E-state index in [-0.39, 0.29) is 0 Å². The number of esters is 2. The van der Waals surface area contributed by atoms with Crippen LogP contribution in [-0.4, -0.2) is 42.1 Å². The van der Waals surface area contributed by atoms with Crippen LogP contribution in [0.5, 0.6) is 0 Å². The van der Waals surface area contributed by atoms with Crippen LogP contribution in [0.3, 0.4) is 0 Å². The molecular formula is C14H24O6. The first-order chi connectivity index (χ1) is 9.51. The Morgan fingerprint density at radius 1 is 1.20 bits per heavy atom. The first kappa shape index (κ1) is 15.3. The summed E-state index contributed by atoms with van der Waals surface area (Å²) in [6.45, 7) is 9.72. The topological polar surface area (TPSA) is 71.1 Å². The Morgan fingerprint density at radius 2 is 1.75 bits per heavy atom. The molecule has 0 N–H and O–H groups in total. The normalized spacial score (nSPS) is 35.1. The van der Waals surface area contributed by atoms with Crippen molar-refractivity contribution in [2.24, 2.45) is 0 Å². The van der Waals surface area contributed by atoms with Crippen LogP contribution in [0.2, 0.25) is 0 Å². The van der Waals surface area contributed by atoms with E-state index < -0.39 is 48.5 Å². The van der Waals surface area contributed by atoms with Gasteiger partial charge in [-0.2, -0.15) is 0 Å². The molecule has 1 fully saturated rings. The smallest absolute Gasteiger partial charge is 0.303 e. The van der Waals surface area contributed by atoms with Crippen LogP contribution in [0.1, 0.15) is 49.3 Å². The summed E-state index contributed by atoms with van der Waals surface area (Å²) in [6, 6.07) is 0. The molecule has 20 heavy (non-hydrogen) atoms. The molecule has 0 spiro atoms. The molecule has 1 heterocycles. The third-order valence-corrected chi connectivity index (χ3v) is 2.56. The molecule has 0 unspecified atom stereocenters. The van der Waals surface area contributed by atoms with Gasteiger partial charge in [0.05, 0.1) is 11.7 Å².